The molecule has 2 unspecified atom stereocenters. The molecule has 1 aromatic carbocycles. The number of hydrogen-bond acceptors (Lipinski definition) is 6. The number of aliphatic hydroxyl groups excluding tert-OH is 2. The van der Waals surface area contributed by atoms with E-state index in [2.05, 4.69) is 12.6 Å². The highest BCUT2D eigenvalue weighted by molar-refractivity contribution is 7.80. The normalized spacial score (nSPS) is 13.9. The summed E-state index contributed by atoms with van der Waals surface area (Å²) < 4.78 is 15.5. The average Bonchev–Trinajstić information content (AvgIpc) is 2.43. The summed E-state index contributed by atoms with van der Waals surface area (Å²) in [5, 5.41) is 19.5. The van der Waals surface area contributed by atoms with Crippen molar-refractivity contribution in [1.29, 1.82) is 0 Å². The van der Waals surface area contributed by atoms with Crippen LogP contribution in [0.4, 0.5) is 0 Å². The summed E-state index contributed by atoms with van der Waals surface area (Å²) in [5.74, 6) is 1.45. The molecule has 0 spiro atoms. The van der Waals surface area contributed by atoms with Gasteiger partial charge in [-0.1, -0.05) is 0 Å². The van der Waals surface area contributed by atoms with Gasteiger partial charge in [-0.3, -0.25) is 0 Å². The van der Waals surface area contributed by atoms with E-state index in [9.17, 15) is 10.2 Å². The summed E-state index contributed by atoms with van der Waals surface area (Å²) in [6.07, 6.45) is -2.02. The molecule has 0 saturated carbocycles. The van der Waals surface area contributed by atoms with E-state index in [1.807, 2.05) is 0 Å². The molecular formula is C12H18O5S. The first-order valence-corrected chi connectivity index (χ1v) is 5.99. The first kappa shape index (κ1) is 14.9. The molecule has 1 aromatic rings. The second kappa shape index (κ2) is 6.72. The second-order valence-corrected chi connectivity index (χ2v) is 4.02. The Balaban J connectivity index is 3.22. The van der Waals surface area contributed by atoms with E-state index < -0.39 is 12.2 Å². The standard InChI is InChI=1S/C12H18O5S/c1-15-9-4-7(11(14)8(13)6-18)5-10(16-2)12(9)17-3/h4-5,8,11,13-14,18H,6H2,1-3H3. The summed E-state index contributed by atoms with van der Waals surface area (Å²) in [7, 11) is 4.48. The molecule has 0 aliphatic heterocycles. The molecule has 0 fully saturated rings. The van der Waals surface area contributed by atoms with E-state index in [4.69, 9.17) is 14.2 Å². The Labute approximate surface area is 112 Å². The number of methoxy groups -OCH3 is 3. The van der Waals surface area contributed by atoms with Crippen LogP contribution >= 0.6 is 12.6 Å². The van der Waals surface area contributed by atoms with Gasteiger partial charge in [0.25, 0.3) is 0 Å². The molecular weight excluding hydrogens is 256 g/mol. The Morgan fingerprint density at radius 3 is 1.89 bits per heavy atom. The molecule has 5 nitrogen and oxygen atoms in total. The van der Waals surface area contributed by atoms with Crippen LogP contribution in [0.25, 0.3) is 0 Å². The van der Waals surface area contributed by atoms with Crippen molar-refractivity contribution in [2.75, 3.05) is 27.1 Å². The van der Waals surface area contributed by atoms with Gasteiger partial charge in [0.2, 0.25) is 5.75 Å². The molecule has 0 heterocycles. The van der Waals surface area contributed by atoms with E-state index in [1.54, 1.807) is 12.1 Å². The van der Waals surface area contributed by atoms with Crippen LogP contribution in [-0.2, 0) is 0 Å². The van der Waals surface area contributed by atoms with Crippen LogP contribution in [0.1, 0.15) is 11.7 Å². The summed E-state index contributed by atoms with van der Waals surface area (Å²) in [6.45, 7) is 0. The molecule has 18 heavy (non-hydrogen) atoms. The number of rotatable bonds is 6. The third kappa shape index (κ3) is 3.01. The summed E-state index contributed by atoms with van der Waals surface area (Å²) in [5.41, 5.74) is 0.478. The van der Waals surface area contributed by atoms with Gasteiger partial charge in [0, 0.05) is 5.75 Å². The minimum absolute atomic E-state index is 0.151. The zero-order valence-electron chi connectivity index (χ0n) is 10.6. The van der Waals surface area contributed by atoms with Gasteiger partial charge in [0.15, 0.2) is 11.5 Å². The van der Waals surface area contributed by atoms with Gasteiger partial charge in [-0.05, 0) is 17.7 Å². The largest absolute Gasteiger partial charge is 0.493 e. The molecule has 0 aliphatic carbocycles. The number of thiol groups is 1. The summed E-state index contributed by atoms with van der Waals surface area (Å²) in [6, 6.07) is 3.19. The van der Waals surface area contributed by atoms with Crippen LogP contribution in [0.3, 0.4) is 0 Å². The molecule has 0 amide bonds. The fraction of sp³-hybridized carbons (Fsp3) is 0.500. The molecule has 2 atom stereocenters. The zero-order valence-corrected chi connectivity index (χ0v) is 11.5. The van der Waals surface area contributed by atoms with Gasteiger partial charge in [-0.25, -0.2) is 0 Å². The summed E-state index contributed by atoms with van der Waals surface area (Å²) in [4.78, 5) is 0. The first-order chi connectivity index (χ1) is 8.58. The zero-order chi connectivity index (χ0) is 13.7. The first-order valence-electron chi connectivity index (χ1n) is 5.35. The maximum atomic E-state index is 9.94. The van der Waals surface area contributed by atoms with Crippen molar-refractivity contribution in [2.45, 2.75) is 12.2 Å². The Kier molecular flexibility index (Phi) is 5.58. The smallest absolute Gasteiger partial charge is 0.203 e. The lowest BCUT2D eigenvalue weighted by Crippen LogP contribution is -2.19. The van der Waals surface area contributed by atoms with Gasteiger partial charge in [-0.2, -0.15) is 12.6 Å². The van der Waals surface area contributed by atoms with Crippen molar-refractivity contribution < 1.29 is 24.4 Å². The molecule has 2 N–H and O–H groups in total. The lowest BCUT2D eigenvalue weighted by Gasteiger charge is -2.19. The van der Waals surface area contributed by atoms with Gasteiger partial charge in [0.1, 0.15) is 6.10 Å². The van der Waals surface area contributed by atoms with E-state index in [1.165, 1.54) is 21.3 Å². The Morgan fingerprint density at radius 1 is 1.06 bits per heavy atom. The maximum absolute atomic E-state index is 9.94. The fourth-order valence-electron chi connectivity index (χ4n) is 1.59. The molecule has 0 bridgehead atoms. The quantitative estimate of drug-likeness (QED) is 0.676. The number of ether oxygens (including phenoxy) is 3. The van der Waals surface area contributed by atoms with Crippen LogP contribution in [-0.4, -0.2) is 43.4 Å². The Hall–Kier alpha value is -1.11. The minimum atomic E-state index is -1.06. The second-order valence-electron chi connectivity index (χ2n) is 3.65. The molecule has 0 saturated heterocycles. The van der Waals surface area contributed by atoms with Crippen LogP contribution in [0.2, 0.25) is 0 Å². The predicted octanol–water partition coefficient (Wildman–Crippen LogP) is 1.04. The third-order valence-corrected chi connectivity index (χ3v) is 2.95. The molecule has 0 radical (unpaired) electrons. The van der Waals surface area contributed by atoms with Crippen molar-refractivity contribution in [3.05, 3.63) is 17.7 Å². The van der Waals surface area contributed by atoms with Crippen molar-refractivity contribution in [2.24, 2.45) is 0 Å². The molecule has 102 valence electrons. The molecule has 1 rings (SSSR count). The monoisotopic (exact) mass is 274 g/mol. The van der Waals surface area contributed by atoms with Crippen molar-refractivity contribution >= 4 is 12.6 Å². The highest BCUT2D eigenvalue weighted by Gasteiger charge is 2.21. The lowest BCUT2D eigenvalue weighted by molar-refractivity contribution is 0.0334. The van der Waals surface area contributed by atoms with Gasteiger partial charge >= 0.3 is 0 Å². The Bertz CT molecular complexity index is 371. The maximum Gasteiger partial charge on any atom is 0.203 e. The van der Waals surface area contributed by atoms with Crippen LogP contribution < -0.4 is 14.2 Å². The van der Waals surface area contributed by atoms with Crippen LogP contribution in [0.15, 0.2) is 12.1 Å². The number of benzene rings is 1. The summed E-state index contributed by atoms with van der Waals surface area (Å²) >= 11 is 3.94. The highest BCUT2D eigenvalue weighted by Crippen LogP contribution is 2.40. The molecule has 0 aliphatic rings. The van der Waals surface area contributed by atoms with Gasteiger partial charge < -0.3 is 24.4 Å². The van der Waals surface area contributed by atoms with E-state index >= 15 is 0 Å². The van der Waals surface area contributed by atoms with Crippen LogP contribution in [0.5, 0.6) is 17.2 Å². The fourth-order valence-corrected chi connectivity index (χ4v) is 1.79. The van der Waals surface area contributed by atoms with Crippen LogP contribution in [0, 0.1) is 0 Å². The molecule has 6 heteroatoms. The highest BCUT2D eigenvalue weighted by atomic mass is 32.1. The van der Waals surface area contributed by atoms with Gasteiger partial charge in [0.05, 0.1) is 27.4 Å². The van der Waals surface area contributed by atoms with E-state index in [0.29, 0.717) is 22.8 Å². The van der Waals surface area contributed by atoms with Gasteiger partial charge in [-0.15, -0.1) is 0 Å². The average molecular weight is 274 g/mol. The topological polar surface area (TPSA) is 68.2 Å². The molecule has 0 aromatic heterocycles. The number of aliphatic hydroxyl groups is 2. The van der Waals surface area contributed by atoms with Crippen molar-refractivity contribution in [3.63, 3.8) is 0 Å². The van der Waals surface area contributed by atoms with E-state index in [0.717, 1.165) is 0 Å². The Morgan fingerprint density at radius 2 is 1.56 bits per heavy atom. The van der Waals surface area contributed by atoms with E-state index in [-0.39, 0.29) is 5.75 Å². The third-order valence-electron chi connectivity index (χ3n) is 2.58. The number of hydrogen-bond donors (Lipinski definition) is 3. The lowest BCUT2D eigenvalue weighted by atomic mass is 10.0. The SMILES string of the molecule is COc1cc(C(O)C(O)CS)cc(OC)c1OC. The van der Waals surface area contributed by atoms with Crippen molar-refractivity contribution in [1.82, 2.24) is 0 Å². The predicted molar refractivity (Wildman–Crippen MR) is 70.9 cm³/mol. The minimum Gasteiger partial charge on any atom is -0.493 e. The van der Waals surface area contributed by atoms with Crippen molar-refractivity contribution in [3.8, 4) is 17.2 Å².